The molecular formula is C9H15N3O. The van der Waals surface area contributed by atoms with E-state index in [9.17, 15) is 0 Å². The molecule has 4 nitrogen and oxygen atoms in total. The third-order valence-corrected chi connectivity index (χ3v) is 2.18. The van der Waals surface area contributed by atoms with Crippen LogP contribution in [0, 0.1) is 6.92 Å². The summed E-state index contributed by atoms with van der Waals surface area (Å²) in [7, 11) is 0. The van der Waals surface area contributed by atoms with Gasteiger partial charge < -0.3 is 10.5 Å². The van der Waals surface area contributed by atoms with E-state index in [4.69, 9.17) is 10.5 Å². The molecule has 0 aromatic carbocycles. The Morgan fingerprint density at radius 1 is 1.69 bits per heavy atom. The lowest BCUT2D eigenvalue weighted by molar-refractivity contribution is 0.110. The van der Waals surface area contributed by atoms with E-state index in [0.717, 1.165) is 18.7 Å². The number of nitrogens with zero attached hydrogens (tertiary/aromatic N) is 2. The second-order valence-electron chi connectivity index (χ2n) is 3.53. The van der Waals surface area contributed by atoms with Gasteiger partial charge in [-0.25, -0.2) is 0 Å². The molecule has 0 amide bonds. The molecular weight excluding hydrogens is 166 g/mol. The van der Waals surface area contributed by atoms with Crippen LogP contribution in [0.15, 0.2) is 6.20 Å². The van der Waals surface area contributed by atoms with Crippen molar-refractivity contribution >= 4 is 5.82 Å². The predicted octanol–water partition coefficient (Wildman–Crippen LogP) is 0.953. The van der Waals surface area contributed by atoms with Gasteiger partial charge in [0, 0.05) is 11.8 Å². The number of anilines is 1. The highest BCUT2D eigenvalue weighted by molar-refractivity contribution is 5.35. The van der Waals surface area contributed by atoms with Crippen LogP contribution < -0.4 is 5.73 Å². The Bertz CT molecular complexity index is 272. The predicted molar refractivity (Wildman–Crippen MR) is 50.4 cm³/mol. The van der Waals surface area contributed by atoms with Crippen LogP contribution in [0.1, 0.15) is 18.4 Å². The van der Waals surface area contributed by atoms with Crippen molar-refractivity contribution in [2.45, 2.75) is 32.4 Å². The van der Waals surface area contributed by atoms with E-state index in [-0.39, 0.29) is 0 Å². The van der Waals surface area contributed by atoms with Gasteiger partial charge in [0.05, 0.1) is 19.3 Å². The molecule has 0 spiro atoms. The zero-order chi connectivity index (χ0) is 9.26. The van der Waals surface area contributed by atoms with Crippen LogP contribution in [-0.2, 0) is 11.3 Å². The molecule has 0 saturated heterocycles. The molecule has 0 radical (unpaired) electrons. The van der Waals surface area contributed by atoms with Gasteiger partial charge in [-0.3, -0.25) is 4.68 Å². The van der Waals surface area contributed by atoms with E-state index in [1.165, 1.54) is 12.8 Å². The molecule has 72 valence electrons. The average Bonchev–Trinajstić information content (AvgIpc) is 2.82. The average molecular weight is 181 g/mol. The lowest BCUT2D eigenvalue weighted by Crippen LogP contribution is -2.07. The summed E-state index contributed by atoms with van der Waals surface area (Å²) in [6, 6.07) is 0. The number of nitrogen functional groups attached to an aromatic ring is 1. The summed E-state index contributed by atoms with van der Waals surface area (Å²) in [4.78, 5) is 0. The number of aromatic nitrogens is 2. The highest BCUT2D eigenvalue weighted by Gasteiger charge is 2.21. The van der Waals surface area contributed by atoms with Crippen LogP contribution in [0.4, 0.5) is 5.82 Å². The summed E-state index contributed by atoms with van der Waals surface area (Å²) >= 11 is 0. The van der Waals surface area contributed by atoms with Gasteiger partial charge in [0.2, 0.25) is 0 Å². The summed E-state index contributed by atoms with van der Waals surface area (Å²) in [5.41, 5.74) is 6.65. The van der Waals surface area contributed by atoms with Gasteiger partial charge in [0.25, 0.3) is 0 Å². The summed E-state index contributed by atoms with van der Waals surface area (Å²) in [5, 5.41) is 4.14. The minimum Gasteiger partial charge on any atom is -0.382 e. The number of aryl methyl sites for hydroxylation is 1. The van der Waals surface area contributed by atoms with Crippen LogP contribution in [0.5, 0.6) is 0 Å². The van der Waals surface area contributed by atoms with Gasteiger partial charge in [-0.2, -0.15) is 5.10 Å². The second kappa shape index (κ2) is 3.38. The Hall–Kier alpha value is -1.03. The highest BCUT2D eigenvalue weighted by atomic mass is 16.5. The minimum absolute atomic E-state index is 0.522. The van der Waals surface area contributed by atoms with Crippen molar-refractivity contribution in [1.29, 1.82) is 0 Å². The van der Waals surface area contributed by atoms with Gasteiger partial charge >= 0.3 is 0 Å². The van der Waals surface area contributed by atoms with Crippen LogP contribution in [0.25, 0.3) is 0 Å². The molecule has 1 aliphatic rings. The van der Waals surface area contributed by atoms with Gasteiger partial charge in [0.15, 0.2) is 0 Å². The number of hydrogen-bond acceptors (Lipinski definition) is 3. The maximum Gasteiger partial charge on any atom is 0.148 e. The smallest absolute Gasteiger partial charge is 0.148 e. The van der Waals surface area contributed by atoms with Gasteiger partial charge in [-0.05, 0) is 19.8 Å². The van der Waals surface area contributed by atoms with Gasteiger partial charge in [0.1, 0.15) is 5.82 Å². The first-order chi connectivity index (χ1) is 6.25. The molecule has 13 heavy (non-hydrogen) atoms. The molecule has 2 rings (SSSR count). The van der Waals surface area contributed by atoms with Crippen LogP contribution in [0.3, 0.4) is 0 Å². The largest absolute Gasteiger partial charge is 0.382 e. The third kappa shape index (κ3) is 2.21. The molecule has 0 aliphatic heterocycles. The van der Waals surface area contributed by atoms with E-state index < -0.39 is 0 Å². The van der Waals surface area contributed by atoms with Crippen LogP contribution >= 0.6 is 0 Å². The van der Waals surface area contributed by atoms with Crippen molar-refractivity contribution in [3.8, 4) is 0 Å². The first-order valence-electron chi connectivity index (χ1n) is 4.67. The molecule has 2 N–H and O–H groups in total. The number of hydrogen-bond donors (Lipinski definition) is 1. The summed E-state index contributed by atoms with van der Waals surface area (Å²) in [6.45, 7) is 3.50. The van der Waals surface area contributed by atoms with Crippen molar-refractivity contribution in [2.75, 3.05) is 12.3 Å². The standard InChI is InChI=1S/C9H15N3O/c1-7-6-12(11-9(7)10)4-5-13-8-2-3-8/h6,8H,2-5H2,1H3,(H2,10,11). The lowest BCUT2D eigenvalue weighted by atomic mass is 10.4. The number of nitrogens with two attached hydrogens (primary N) is 1. The monoisotopic (exact) mass is 181 g/mol. The molecule has 1 heterocycles. The van der Waals surface area contributed by atoms with Crippen LogP contribution in [0.2, 0.25) is 0 Å². The molecule has 1 saturated carbocycles. The fraction of sp³-hybridized carbons (Fsp3) is 0.667. The maximum absolute atomic E-state index is 5.61. The highest BCUT2D eigenvalue weighted by Crippen LogP contribution is 2.23. The van der Waals surface area contributed by atoms with Crippen molar-refractivity contribution < 1.29 is 4.74 Å². The van der Waals surface area contributed by atoms with E-state index in [0.29, 0.717) is 11.9 Å². The van der Waals surface area contributed by atoms with Crippen molar-refractivity contribution in [3.05, 3.63) is 11.8 Å². The summed E-state index contributed by atoms with van der Waals surface area (Å²) in [6.07, 6.45) is 4.92. The molecule has 1 aromatic heterocycles. The Balaban J connectivity index is 1.79. The van der Waals surface area contributed by atoms with Crippen molar-refractivity contribution in [3.63, 3.8) is 0 Å². The fourth-order valence-corrected chi connectivity index (χ4v) is 1.20. The Morgan fingerprint density at radius 2 is 2.46 bits per heavy atom. The summed E-state index contributed by atoms with van der Waals surface area (Å²) < 4.78 is 7.34. The molecule has 0 atom stereocenters. The van der Waals surface area contributed by atoms with E-state index >= 15 is 0 Å². The van der Waals surface area contributed by atoms with Crippen LogP contribution in [-0.4, -0.2) is 22.5 Å². The first kappa shape index (κ1) is 8.56. The van der Waals surface area contributed by atoms with Gasteiger partial charge in [-0.15, -0.1) is 0 Å². The zero-order valence-corrected chi connectivity index (χ0v) is 7.86. The van der Waals surface area contributed by atoms with E-state index in [2.05, 4.69) is 5.10 Å². The Morgan fingerprint density at radius 3 is 3.00 bits per heavy atom. The molecule has 4 heteroatoms. The third-order valence-electron chi connectivity index (χ3n) is 2.18. The number of rotatable bonds is 4. The minimum atomic E-state index is 0.522. The summed E-state index contributed by atoms with van der Waals surface area (Å²) in [5.74, 6) is 0.617. The fourth-order valence-electron chi connectivity index (χ4n) is 1.20. The van der Waals surface area contributed by atoms with E-state index in [1.54, 1.807) is 0 Å². The van der Waals surface area contributed by atoms with E-state index in [1.807, 2.05) is 17.8 Å². The SMILES string of the molecule is Cc1cn(CCOC2CC2)nc1N. The Labute approximate surface area is 77.7 Å². The van der Waals surface area contributed by atoms with Gasteiger partial charge in [-0.1, -0.05) is 0 Å². The molecule has 1 aromatic rings. The lowest BCUT2D eigenvalue weighted by Gasteiger charge is -2.01. The zero-order valence-electron chi connectivity index (χ0n) is 7.86. The molecule has 1 fully saturated rings. The maximum atomic E-state index is 5.61. The molecule has 1 aliphatic carbocycles. The molecule has 0 bridgehead atoms. The van der Waals surface area contributed by atoms with Crippen molar-refractivity contribution in [2.24, 2.45) is 0 Å². The first-order valence-corrected chi connectivity index (χ1v) is 4.67. The normalized spacial score (nSPS) is 16.4. The topological polar surface area (TPSA) is 53.1 Å². The molecule has 0 unspecified atom stereocenters. The second-order valence-corrected chi connectivity index (χ2v) is 3.53. The quantitative estimate of drug-likeness (QED) is 0.752. The number of ether oxygens (including phenoxy) is 1. The Kier molecular flexibility index (Phi) is 2.22. The van der Waals surface area contributed by atoms with Crippen molar-refractivity contribution in [1.82, 2.24) is 9.78 Å².